The molecule has 1 heterocycles. The molecule has 0 amide bonds. The van der Waals surface area contributed by atoms with E-state index in [2.05, 4.69) is 22.3 Å². The van der Waals surface area contributed by atoms with Crippen LogP contribution in [-0.4, -0.2) is 19.7 Å². The number of halogens is 3. The first-order valence-electron chi connectivity index (χ1n) is 9.47. The molecule has 0 unspecified atom stereocenters. The lowest BCUT2D eigenvalue weighted by Crippen LogP contribution is -2.29. The lowest BCUT2D eigenvalue weighted by atomic mass is 10.1. The molecule has 0 saturated carbocycles. The summed E-state index contributed by atoms with van der Waals surface area (Å²) >= 11 is 19.2. The van der Waals surface area contributed by atoms with Crippen molar-refractivity contribution in [1.29, 1.82) is 0 Å². The van der Waals surface area contributed by atoms with E-state index < -0.39 is 0 Å². The van der Waals surface area contributed by atoms with E-state index in [1.54, 1.807) is 0 Å². The molecule has 0 bridgehead atoms. The Morgan fingerprint density at radius 2 is 1.67 bits per heavy atom. The molecule has 6 heteroatoms. The molecule has 1 aliphatic heterocycles. The molecule has 2 aromatic carbocycles. The number of anilines is 2. The summed E-state index contributed by atoms with van der Waals surface area (Å²) in [5.74, 6) is 0.554. The van der Waals surface area contributed by atoms with Gasteiger partial charge in [-0.3, -0.25) is 0 Å². The monoisotopic (exact) mass is 426 g/mol. The number of nitrogens with one attached hydrogen (secondary N) is 1. The van der Waals surface area contributed by atoms with Gasteiger partial charge in [-0.1, -0.05) is 41.7 Å². The minimum absolute atomic E-state index is 0.534. The fraction of sp³-hybridized carbons (Fsp3) is 0.429. The van der Waals surface area contributed by atoms with Crippen LogP contribution in [0.1, 0.15) is 38.2 Å². The molecule has 0 atom stereocenters. The Morgan fingerprint density at radius 3 is 2.30 bits per heavy atom. The summed E-state index contributed by atoms with van der Waals surface area (Å²) in [6.07, 6.45) is 4.68. The van der Waals surface area contributed by atoms with Crippen LogP contribution in [0.2, 0.25) is 15.1 Å². The van der Waals surface area contributed by atoms with Crippen LogP contribution >= 0.6 is 34.8 Å². The second-order valence-electron chi connectivity index (χ2n) is 6.80. The molecule has 3 rings (SSSR count). The molecule has 3 nitrogen and oxygen atoms in total. The molecular weight excluding hydrogens is 403 g/mol. The maximum atomic E-state index is 6.52. The zero-order valence-corrected chi connectivity index (χ0v) is 17.8. The van der Waals surface area contributed by atoms with Crippen molar-refractivity contribution in [2.75, 3.05) is 29.9 Å². The molecule has 27 heavy (non-hydrogen) atoms. The molecule has 0 radical (unpaired) electrons. The van der Waals surface area contributed by atoms with E-state index in [9.17, 15) is 0 Å². The van der Waals surface area contributed by atoms with Gasteiger partial charge in [0.25, 0.3) is 0 Å². The molecule has 1 aliphatic rings. The van der Waals surface area contributed by atoms with Crippen molar-refractivity contribution >= 4 is 46.2 Å². The highest BCUT2D eigenvalue weighted by molar-refractivity contribution is 6.37. The fourth-order valence-corrected chi connectivity index (χ4v) is 4.21. The van der Waals surface area contributed by atoms with Crippen LogP contribution in [0.25, 0.3) is 0 Å². The van der Waals surface area contributed by atoms with Gasteiger partial charge in [-0.15, -0.1) is 0 Å². The normalized spacial score (nSPS) is 14.3. The Labute approximate surface area is 176 Å². The van der Waals surface area contributed by atoms with Gasteiger partial charge in [0, 0.05) is 25.3 Å². The van der Waals surface area contributed by atoms with Crippen LogP contribution in [0.4, 0.5) is 11.4 Å². The fourth-order valence-electron chi connectivity index (χ4n) is 3.27. The van der Waals surface area contributed by atoms with Gasteiger partial charge in [0.2, 0.25) is 0 Å². The van der Waals surface area contributed by atoms with Crippen molar-refractivity contribution in [2.45, 2.75) is 39.2 Å². The van der Waals surface area contributed by atoms with Crippen LogP contribution < -0.4 is 15.0 Å². The van der Waals surface area contributed by atoms with Crippen LogP contribution in [0.15, 0.2) is 30.3 Å². The first-order valence-corrected chi connectivity index (χ1v) is 10.6. The molecule has 2 aromatic rings. The molecule has 1 saturated heterocycles. The third-order valence-electron chi connectivity index (χ3n) is 4.65. The second kappa shape index (κ2) is 9.77. The van der Waals surface area contributed by atoms with Gasteiger partial charge < -0.3 is 15.0 Å². The maximum absolute atomic E-state index is 6.52. The number of ether oxygens (including phenoxy) is 1. The van der Waals surface area contributed by atoms with E-state index in [1.165, 1.54) is 19.3 Å². The number of benzene rings is 2. The molecule has 0 aromatic heterocycles. The Bertz CT molecular complexity index is 753. The van der Waals surface area contributed by atoms with E-state index in [1.807, 2.05) is 25.1 Å². The second-order valence-corrected chi connectivity index (χ2v) is 8.03. The van der Waals surface area contributed by atoms with Gasteiger partial charge >= 0.3 is 0 Å². The summed E-state index contributed by atoms with van der Waals surface area (Å²) in [5.41, 5.74) is 3.08. The number of hydrogen-bond donors (Lipinski definition) is 1. The first kappa shape index (κ1) is 20.4. The smallest absolute Gasteiger partial charge is 0.156 e. The number of hydrogen-bond acceptors (Lipinski definition) is 3. The first-order chi connectivity index (χ1) is 13.1. The van der Waals surface area contributed by atoms with E-state index in [4.69, 9.17) is 39.5 Å². The van der Waals surface area contributed by atoms with Crippen molar-refractivity contribution in [3.05, 3.63) is 51.0 Å². The number of nitrogens with zero attached hydrogens (tertiary/aromatic N) is 1. The third kappa shape index (κ3) is 5.37. The van der Waals surface area contributed by atoms with Crippen LogP contribution in [0.5, 0.6) is 5.75 Å². The van der Waals surface area contributed by atoms with Crippen LogP contribution in [0.3, 0.4) is 0 Å². The number of rotatable bonds is 7. The van der Waals surface area contributed by atoms with Gasteiger partial charge in [0.15, 0.2) is 5.75 Å². The zero-order chi connectivity index (χ0) is 19.2. The Morgan fingerprint density at radius 1 is 0.963 bits per heavy atom. The van der Waals surface area contributed by atoms with E-state index in [0.29, 0.717) is 28.9 Å². The highest BCUT2D eigenvalue weighted by Crippen LogP contribution is 2.35. The average molecular weight is 428 g/mol. The van der Waals surface area contributed by atoms with Gasteiger partial charge in [0.1, 0.15) is 0 Å². The molecule has 0 aliphatic carbocycles. The van der Waals surface area contributed by atoms with Crippen molar-refractivity contribution < 1.29 is 4.74 Å². The largest absolute Gasteiger partial charge is 0.490 e. The predicted molar refractivity (Wildman–Crippen MR) is 117 cm³/mol. The minimum atomic E-state index is 0.534. The van der Waals surface area contributed by atoms with Gasteiger partial charge in [-0.2, -0.15) is 0 Å². The van der Waals surface area contributed by atoms with Gasteiger partial charge in [-0.05, 0) is 61.6 Å². The van der Waals surface area contributed by atoms with Crippen LogP contribution in [-0.2, 0) is 6.54 Å². The summed E-state index contributed by atoms with van der Waals surface area (Å²) in [7, 11) is 0. The quantitative estimate of drug-likeness (QED) is 0.513. The van der Waals surface area contributed by atoms with Crippen molar-refractivity contribution in [3.63, 3.8) is 0 Å². The zero-order valence-electron chi connectivity index (χ0n) is 15.5. The minimum Gasteiger partial charge on any atom is -0.490 e. The van der Waals surface area contributed by atoms with E-state index in [-0.39, 0.29) is 0 Å². The molecule has 1 fully saturated rings. The highest BCUT2D eigenvalue weighted by atomic mass is 35.5. The SMILES string of the molecule is CCCOc1c(Cl)cc(CNc2ccc(N3CCCCC3)c(Cl)c2)cc1Cl. The van der Waals surface area contributed by atoms with Crippen molar-refractivity contribution in [3.8, 4) is 5.75 Å². The Kier molecular flexibility index (Phi) is 7.40. The molecule has 146 valence electrons. The third-order valence-corrected chi connectivity index (χ3v) is 5.51. The van der Waals surface area contributed by atoms with Crippen molar-refractivity contribution in [2.24, 2.45) is 0 Å². The van der Waals surface area contributed by atoms with E-state index >= 15 is 0 Å². The van der Waals surface area contributed by atoms with Crippen molar-refractivity contribution in [1.82, 2.24) is 0 Å². The standard InChI is InChI=1S/C21H25Cl3N2O/c1-2-10-27-21-18(23)11-15(12-19(21)24)14-25-16-6-7-20(17(22)13-16)26-8-4-3-5-9-26/h6-7,11-13,25H,2-5,8-10,14H2,1H3. The lowest BCUT2D eigenvalue weighted by molar-refractivity contribution is 0.318. The van der Waals surface area contributed by atoms with Crippen LogP contribution in [0, 0.1) is 0 Å². The molecule has 0 spiro atoms. The summed E-state index contributed by atoms with van der Waals surface area (Å²) in [5, 5.41) is 5.23. The summed E-state index contributed by atoms with van der Waals surface area (Å²) in [4.78, 5) is 2.37. The van der Waals surface area contributed by atoms with E-state index in [0.717, 1.165) is 41.5 Å². The van der Waals surface area contributed by atoms with Gasteiger partial charge in [-0.25, -0.2) is 0 Å². The summed E-state index contributed by atoms with van der Waals surface area (Å²) < 4.78 is 5.61. The summed E-state index contributed by atoms with van der Waals surface area (Å²) in [6, 6.07) is 9.91. The molecule has 1 N–H and O–H groups in total. The Balaban J connectivity index is 1.65. The van der Waals surface area contributed by atoms with Gasteiger partial charge in [0.05, 0.1) is 27.4 Å². The Hall–Kier alpha value is -1.29. The average Bonchev–Trinajstić information content (AvgIpc) is 2.66. The molecular formula is C21H25Cl3N2O. The lowest BCUT2D eigenvalue weighted by Gasteiger charge is -2.29. The maximum Gasteiger partial charge on any atom is 0.156 e. The topological polar surface area (TPSA) is 24.5 Å². The summed E-state index contributed by atoms with van der Waals surface area (Å²) in [6.45, 7) is 5.40. The number of piperidine rings is 1. The predicted octanol–water partition coefficient (Wildman–Crippen LogP) is 7.04. The highest BCUT2D eigenvalue weighted by Gasteiger charge is 2.14.